The van der Waals surface area contributed by atoms with Crippen molar-refractivity contribution in [2.45, 2.75) is 6.92 Å². The van der Waals surface area contributed by atoms with Gasteiger partial charge in [0.05, 0.1) is 0 Å². The minimum absolute atomic E-state index is 0.172. The van der Waals surface area contributed by atoms with Gasteiger partial charge in [-0.15, -0.1) is 0 Å². The Kier molecular flexibility index (Phi) is 4.39. The number of benzene rings is 1. The Morgan fingerprint density at radius 3 is 2.93 bits per heavy atom. The van der Waals surface area contributed by atoms with Crippen LogP contribution in [0.1, 0.15) is 5.56 Å². The maximum absolute atomic E-state index is 11.3. The summed E-state index contributed by atoms with van der Waals surface area (Å²) in [5.41, 5.74) is 1.64. The van der Waals surface area contributed by atoms with Gasteiger partial charge in [0.1, 0.15) is 6.73 Å². The lowest BCUT2D eigenvalue weighted by Gasteiger charge is -2.09. The van der Waals surface area contributed by atoms with E-state index in [1.54, 1.807) is 12.1 Å². The minimum atomic E-state index is -0.317. The van der Waals surface area contributed by atoms with Crippen molar-refractivity contribution in [2.24, 2.45) is 0 Å². The molecule has 4 nitrogen and oxygen atoms in total. The molecule has 0 aliphatic carbocycles. The van der Waals surface area contributed by atoms with Crippen LogP contribution in [0.15, 0.2) is 18.2 Å². The average molecular weight is 229 g/mol. The van der Waals surface area contributed by atoms with Gasteiger partial charge in [0.2, 0.25) is 0 Å². The molecular weight excluding hydrogens is 216 g/mol. The summed E-state index contributed by atoms with van der Waals surface area (Å²) in [6.07, 6.45) is 0. The largest absolute Gasteiger partial charge is 0.364 e. The van der Waals surface area contributed by atoms with Gasteiger partial charge >= 0.3 is 6.03 Å². The fourth-order valence-electron chi connectivity index (χ4n) is 1.03. The number of rotatable bonds is 3. The molecule has 0 radical (unpaired) electrons. The molecule has 0 spiro atoms. The van der Waals surface area contributed by atoms with E-state index in [2.05, 4.69) is 10.6 Å². The highest BCUT2D eigenvalue weighted by atomic mass is 35.5. The number of halogens is 1. The molecule has 15 heavy (non-hydrogen) atoms. The first-order valence-corrected chi connectivity index (χ1v) is 4.81. The molecule has 0 aliphatic heterocycles. The first kappa shape index (κ1) is 11.8. The van der Waals surface area contributed by atoms with Gasteiger partial charge in [0.15, 0.2) is 0 Å². The lowest BCUT2D eigenvalue weighted by Crippen LogP contribution is -2.30. The number of aryl methyl sites for hydroxylation is 1. The summed E-state index contributed by atoms with van der Waals surface area (Å²) in [5, 5.41) is 5.77. The topological polar surface area (TPSA) is 50.4 Å². The normalized spacial score (nSPS) is 9.80. The van der Waals surface area contributed by atoms with E-state index in [0.717, 1.165) is 5.56 Å². The van der Waals surface area contributed by atoms with Crippen LogP contribution in [0.5, 0.6) is 0 Å². The zero-order valence-corrected chi connectivity index (χ0v) is 9.39. The smallest absolute Gasteiger partial charge is 0.321 e. The van der Waals surface area contributed by atoms with Crippen LogP contribution < -0.4 is 10.6 Å². The van der Waals surface area contributed by atoms with E-state index in [-0.39, 0.29) is 12.8 Å². The van der Waals surface area contributed by atoms with Gasteiger partial charge in [0, 0.05) is 17.8 Å². The van der Waals surface area contributed by atoms with Crippen molar-refractivity contribution in [1.29, 1.82) is 0 Å². The van der Waals surface area contributed by atoms with Crippen LogP contribution in [0.2, 0.25) is 5.02 Å². The van der Waals surface area contributed by atoms with Crippen LogP contribution in [0, 0.1) is 6.92 Å². The standard InChI is InChI=1S/C10H13ClN2O2/c1-7-3-4-8(11)5-9(7)13-10(14)12-6-15-2/h3-5H,6H2,1-2H3,(H2,12,13,14). The van der Waals surface area contributed by atoms with Crippen LogP contribution in [0.25, 0.3) is 0 Å². The fourth-order valence-corrected chi connectivity index (χ4v) is 1.21. The van der Waals surface area contributed by atoms with E-state index in [1.807, 2.05) is 13.0 Å². The summed E-state index contributed by atoms with van der Waals surface area (Å²) < 4.78 is 4.71. The van der Waals surface area contributed by atoms with E-state index in [4.69, 9.17) is 16.3 Å². The van der Waals surface area contributed by atoms with Gasteiger partial charge in [-0.05, 0) is 24.6 Å². The number of hydrogen-bond acceptors (Lipinski definition) is 2. The third kappa shape index (κ3) is 3.77. The van der Waals surface area contributed by atoms with Crippen molar-refractivity contribution in [3.8, 4) is 0 Å². The van der Waals surface area contributed by atoms with E-state index in [9.17, 15) is 4.79 Å². The van der Waals surface area contributed by atoms with Gasteiger partial charge in [-0.3, -0.25) is 0 Å². The van der Waals surface area contributed by atoms with E-state index < -0.39 is 0 Å². The molecule has 1 aromatic rings. The fraction of sp³-hybridized carbons (Fsp3) is 0.300. The molecule has 5 heteroatoms. The third-order valence-electron chi connectivity index (χ3n) is 1.82. The molecule has 1 rings (SSSR count). The zero-order valence-electron chi connectivity index (χ0n) is 8.63. The van der Waals surface area contributed by atoms with E-state index in [1.165, 1.54) is 7.11 Å². The Hall–Kier alpha value is -1.26. The molecule has 0 saturated carbocycles. The Morgan fingerprint density at radius 1 is 1.53 bits per heavy atom. The van der Waals surface area contributed by atoms with Crippen molar-refractivity contribution < 1.29 is 9.53 Å². The maximum atomic E-state index is 11.3. The minimum Gasteiger partial charge on any atom is -0.364 e. The molecule has 0 unspecified atom stereocenters. The molecule has 1 aromatic carbocycles. The molecule has 0 heterocycles. The number of carbonyl (C=O) groups excluding carboxylic acids is 1. The van der Waals surface area contributed by atoms with Gasteiger partial charge in [0.25, 0.3) is 0 Å². The molecule has 82 valence electrons. The maximum Gasteiger partial charge on any atom is 0.321 e. The van der Waals surface area contributed by atoms with Crippen LogP contribution in [-0.2, 0) is 4.74 Å². The Labute approximate surface area is 93.6 Å². The lowest BCUT2D eigenvalue weighted by molar-refractivity contribution is 0.177. The highest BCUT2D eigenvalue weighted by Gasteiger charge is 2.03. The summed E-state index contributed by atoms with van der Waals surface area (Å²) >= 11 is 5.81. The second-order valence-corrected chi connectivity index (χ2v) is 3.46. The zero-order chi connectivity index (χ0) is 11.3. The van der Waals surface area contributed by atoms with Gasteiger partial charge < -0.3 is 15.4 Å². The first-order valence-electron chi connectivity index (χ1n) is 4.43. The molecule has 2 amide bonds. The van der Waals surface area contributed by atoms with Crippen LogP contribution in [0.4, 0.5) is 10.5 Å². The highest BCUT2D eigenvalue weighted by Crippen LogP contribution is 2.19. The Morgan fingerprint density at radius 2 is 2.27 bits per heavy atom. The van der Waals surface area contributed by atoms with Crippen molar-refractivity contribution in [3.05, 3.63) is 28.8 Å². The summed E-state index contributed by atoms with van der Waals surface area (Å²) in [7, 11) is 1.50. The van der Waals surface area contributed by atoms with Crippen LogP contribution >= 0.6 is 11.6 Å². The molecule has 0 atom stereocenters. The van der Waals surface area contributed by atoms with Gasteiger partial charge in [-0.2, -0.15) is 0 Å². The molecule has 2 N–H and O–H groups in total. The van der Waals surface area contributed by atoms with Crippen LogP contribution in [-0.4, -0.2) is 19.9 Å². The number of carbonyl (C=O) groups is 1. The summed E-state index contributed by atoms with van der Waals surface area (Å²) in [6.45, 7) is 2.06. The first-order chi connectivity index (χ1) is 7.13. The molecule has 0 aliphatic rings. The molecular formula is C10H13ClN2O2. The number of ether oxygens (including phenoxy) is 1. The predicted octanol–water partition coefficient (Wildman–Crippen LogP) is 2.37. The number of urea groups is 1. The van der Waals surface area contributed by atoms with Crippen LogP contribution in [0.3, 0.4) is 0 Å². The van der Waals surface area contributed by atoms with Crippen molar-refractivity contribution in [1.82, 2.24) is 5.32 Å². The molecule has 0 aromatic heterocycles. The molecule has 0 fully saturated rings. The van der Waals surface area contributed by atoms with Crippen molar-refractivity contribution in [3.63, 3.8) is 0 Å². The molecule has 0 saturated heterocycles. The highest BCUT2D eigenvalue weighted by molar-refractivity contribution is 6.31. The second-order valence-electron chi connectivity index (χ2n) is 3.02. The summed E-state index contributed by atoms with van der Waals surface area (Å²) in [4.78, 5) is 11.3. The number of methoxy groups -OCH3 is 1. The Balaban J connectivity index is 2.63. The quantitative estimate of drug-likeness (QED) is 0.781. The van der Waals surface area contributed by atoms with Crippen molar-refractivity contribution >= 4 is 23.3 Å². The monoisotopic (exact) mass is 228 g/mol. The van der Waals surface area contributed by atoms with Gasteiger partial charge in [-0.25, -0.2) is 4.79 Å². The Bertz CT molecular complexity index is 355. The summed E-state index contributed by atoms with van der Waals surface area (Å²) in [6, 6.07) is 4.99. The van der Waals surface area contributed by atoms with E-state index >= 15 is 0 Å². The van der Waals surface area contributed by atoms with Gasteiger partial charge in [-0.1, -0.05) is 17.7 Å². The third-order valence-corrected chi connectivity index (χ3v) is 2.06. The summed E-state index contributed by atoms with van der Waals surface area (Å²) in [5.74, 6) is 0. The number of nitrogens with one attached hydrogen (secondary N) is 2. The van der Waals surface area contributed by atoms with Crippen molar-refractivity contribution in [2.75, 3.05) is 19.2 Å². The SMILES string of the molecule is COCNC(=O)Nc1cc(Cl)ccc1C. The number of hydrogen-bond donors (Lipinski definition) is 2. The second kappa shape index (κ2) is 5.58. The molecule has 0 bridgehead atoms. The number of anilines is 1. The predicted molar refractivity (Wildman–Crippen MR) is 60.2 cm³/mol. The lowest BCUT2D eigenvalue weighted by atomic mass is 10.2. The average Bonchev–Trinajstić information content (AvgIpc) is 2.20. The van der Waals surface area contributed by atoms with E-state index in [0.29, 0.717) is 10.7 Å². The number of amides is 2.